The molecule has 0 unspecified atom stereocenters. The number of rotatable bonds is 8. The van der Waals surface area contributed by atoms with E-state index in [1.165, 1.54) is 11.3 Å². The molecule has 0 saturated carbocycles. The van der Waals surface area contributed by atoms with Crippen molar-refractivity contribution in [3.8, 4) is 10.6 Å². The third-order valence-electron chi connectivity index (χ3n) is 4.34. The number of hydrogen-bond acceptors (Lipinski definition) is 8. The predicted molar refractivity (Wildman–Crippen MR) is 123 cm³/mol. The minimum absolute atomic E-state index is 0.0963. The summed E-state index contributed by atoms with van der Waals surface area (Å²) in [5.74, 6) is 0. The topological polar surface area (TPSA) is 96.9 Å². The molecule has 4 rings (SSSR count). The van der Waals surface area contributed by atoms with Crippen LogP contribution in [0.5, 0.6) is 0 Å². The number of benzene rings is 2. The first-order valence-corrected chi connectivity index (χ1v) is 12.0. The molecule has 2 N–H and O–H groups in total. The van der Waals surface area contributed by atoms with E-state index in [0.29, 0.717) is 12.1 Å². The Bertz CT molecular complexity index is 1180. The second-order valence-corrected chi connectivity index (χ2v) is 9.31. The standard InChI is InChI=1S/C20H19N5O2S3/c1-13-23-24-20(29-13)22-17(11-14-7-9-16(10-8-14)25-30(26)27)18-12-28-19(21-18)15-5-3-2-4-6-15/h2-10,12,17,30H,11H2,1H3,(H,22,24)(H,25,26,27)/t17-/m0/s1. The lowest BCUT2D eigenvalue weighted by Crippen LogP contribution is -2.14. The fourth-order valence-electron chi connectivity index (χ4n) is 2.95. The fourth-order valence-corrected chi connectivity index (χ4v) is 4.83. The Morgan fingerprint density at radius 3 is 2.47 bits per heavy atom. The number of hydrogen-bond donors (Lipinski definition) is 3. The molecule has 0 radical (unpaired) electrons. The zero-order valence-corrected chi connectivity index (χ0v) is 18.5. The van der Waals surface area contributed by atoms with Crippen LogP contribution in [0.2, 0.25) is 0 Å². The highest BCUT2D eigenvalue weighted by atomic mass is 32.2. The molecule has 2 aromatic carbocycles. The molecule has 0 aliphatic carbocycles. The van der Waals surface area contributed by atoms with E-state index >= 15 is 0 Å². The SMILES string of the molecule is Cc1nnc(N[C@@H](Cc2ccc(N[SH](=O)=O)cc2)c2csc(-c3ccccc3)n2)s1. The molecule has 7 nitrogen and oxygen atoms in total. The van der Waals surface area contributed by atoms with Gasteiger partial charge in [0.25, 0.3) is 0 Å². The van der Waals surface area contributed by atoms with Crippen molar-refractivity contribution in [3.63, 3.8) is 0 Å². The third-order valence-corrected chi connectivity index (χ3v) is 6.46. The van der Waals surface area contributed by atoms with Gasteiger partial charge in [-0.25, -0.2) is 13.4 Å². The van der Waals surface area contributed by atoms with Gasteiger partial charge in [0.1, 0.15) is 10.0 Å². The van der Waals surface area contributed by atoms with E-state index in [4.69, 9.17) is 4.98 Å². The van der Waals surface area contributed by atoms with Gasteiger partial charge in [0.2, 0.25) is 16.0 Å². The highest BCUT2D eigenvalue weighted by Crippen LogP contribution is 2.30. The predicted octanol–water partition coefficient (Wildman–Crippen LogP) is 4.30. The number of thiol groups is 1. The van der Waals surface area contributed by atoms with Crippen molar-refractivity contribution in [3.05, 3.63) is 76.2 Å². The molecule has 0 fully saturated rings. The zero-order valence-electron chi connectivity index (χ0n) is 16.0. The molecule has 1 atom stereocenters. The van der Waals surface area contributed by atoms with Crippen LogP contribution in [-0.2, 0) is 17.3 Å². The average molecular weight is 458 g/mol. The number of nitrogens with one attached hydrogen (secondary N) is 2. The van der Waals surface area contributed by atoms with E-state index in [2.05, 4.69) is 25.6 Å². The first-order chi connectivity index (χ1) is 14.6. The summed E-state index contributed by atoms with van der Waals surface area (Å²) >= 11 is 3.10. The van der Waals surface area contributed by atoms with E-state index in [0.717, 1.165) is 32.0 Å². The van der Waals surface area contributed by atoms with Crippen molar-refractivity contribution in [2.75, 3.05) is 10.0 Å². The molecule has 0 aliphatic heterocycles. The smallest absolute Gasteiger partial charge is 0.222 e. The van der Waals surface area contributed by atoms with Crippen LogP contribution >= 0.6 is 22.7 Å². The van der Waals surface area contributed by atoms with Gasteiger partial charge < -0.3 is 5.32 Å². The molecule has 30 heavy (non-hydrogen) atoms. The zero-order chi connectivity index (χ0) is 20.9. The Morgan fingerprint density at radius 1 is 1.03 bits per heavy atom. The molecule has 0 bridgehead atoms. The van der Waals surface area contributed by atoms with E-state index in [-0.39, 0.29) is 6.04 Å². The molecular formula is C20H19N5O2S3. The van der Waals surface area contributed by atoms with Gasteiger partial charge in [0, 0.05) is 16.6 Å². The molecule has 2 aromatic heterocycles. The first-order valence-electron chi connectivity index (χ1n) is 9.14. The Morgan fingerprint density at radius 2 is 1.80 bits per heavy atom. The van der Waals surface area contributed by atoms with Gasteiger partial charge in [-0.05, 0) is 31.0 Å². The Labute approximate surface area is 183 Å². The summed E-state index contributed by atoms with van der Waals surface area (Å²) in [4.78, 5) is 4.86. The fraction of sp³-hybridized carbons (Fsp3) is 0.150. The second kappa shape index (κ2) is 9.33. The van der Waals surface area contributed by atoms with E-state index in [9.17, 15) is 8.42 Å². The van der Waals surface area contributed by atoms with Crippen LogP contribution in [0.25, 0.3) is 10.6 Å². The number of anilines is 2. The molecule has 4 aromatic rings. The van der Waals surface area contributed by atoms with Crippen LogP contribution < -0.4 is 10.0 Å². The van der Waals surface area contributed by atoms with Crippen molar-refractivity contribution in [1.29, 1.82) is 0 Å². The molecule has 0 spiro atoms. The number of thiazole rings is 1. The lowest BCUT2D eigenvalue weighted by molar-refractivity contribution is 0.619. The Hall–Kier alpha value is -2.82. The highest BCUT2D eigenvalue weighted by Gasteiger charge is 2.18. The van der Waals surface area contributed by atoms with Crippen molar-refractivity contribution >= 4 is 44.4 Å². The number of aryl methyl sites for hydroxylation is 1. The van der Waals surface area contributed by atoms with Crippen LogP contribution in [-0.4, -0.2) is 23.6 Å². The number of nitrogens with zero attached hydrogens (tertiary/aromatic N) is 3. The van der Waals surface area contributed by atoms with Crippen molar-refractivity contribution in [2.24, 2.45) is 0 Å². The normalized spacial score (nSPS) is 12.1. The van der Waals surface area contributed by atoms with E-state index < -0.39 is 10.9 Å². The van der Waals surface area contributed by atoms with Crippen LogP contribution in [0, 0.1) is 6.92 Å². The number of aromatic nitrogens is 3. The van der Waals surface area contributed by atoms with Crippen molar-refractivity contribution in [2.45, 2.75) is 19.4 Å². The first kappa shape index (κ1) is 20.5. The summed E-state index contributed by atoms with van der Waals surface area (Å²) < 4.78 is 24.1. The van der Waals surface area contributed by atoms with Crippen LogP contribution in [0.1, 0.15) is 22.3 Å². The van der Waals surface area contributed by atoms with Gasteiger partial charge in [0.05, 0.1) is 11.7 Å². The summed E-state index contributed by atoms with van der Waals surface area (Å²) in [6.07, 6.45) is 0.667. The van der Waals surface area contributed by atoms with Gasteiger partial charge in [-0.2, -0.15) is 0 Å². The summed E-state index contributed by atoms with van der Waals surface area (Å²) in [5, 5.41) is 16.4. The molecule has 2 heterocycles. The maximum absolute atomic E-state index is 10.8. The third kappa shape index (κ3) is 5.21. The van der Waals surface area contributed by atoms with Crippen LogP contribution in [0.15, 0.2) is 60.0 Å². The van der Waals surface area contributed by atoms with Crippen molar-refractivity contribution in [1.82, 2.24) is 15.2 Å². The second-order valence-electron chi connectivity index (χ2n) is 6.54. The average Bonchev–Trinajstić information content (AvgIpc) is 3.38. The molecule has 0 amide bonds. The minimum atomic E-state index is -2.67. The molecule has 154 valence electrons. The van der Waals surface area contributed by atoms with Crippen LogP contribution in [0.3, 0.4) is 0 Å². The van der Waals surface area contributed by atoms with Gasteiger partial charge in [-0.1, -0.05) is 53.8 Å². The van der Waals surface area contributed by atoms with E-state index in [1.807, 2.05) is 49.4 Å². The Balaban J connectivity index is 1.59. The molecule has 0 aliphatic rings. The Kier molecular flexibility index (Phi) is 6.36. The van der Waals surface area contributed by atoms with Gasteiger partial charge in [-0.3, -0.25) is 4.72 Å². The van der Waals surface area contributed by atoms with Gasteiger partial charge in [0.15, 0.2) is 0 Å². The summed E-state index contributed by atoms with van der Waals surface area (Å²) in [6, 6.07) is 17.3. The monoisotopic (exact) mass is 457 g/mol. The molecular weight excluding hydrogens is 438 g/mol. The maximum Gasteiger partial charge on any atom is 0.222 e. The molecule has 0 saturated heterocycles. The van der Waals surface area contributed by atoms with Crippen LogP contribution in [0.4, 0.5) is 10.8 Å². The largest absolute Gasteiger partial charge is 0.351 e. The summed E-state index contributed by atoms with van der Waals surface area (Å²) in [6.45, 7) is 1.92. The van der Waals surface area contributed by atoms with Gasteiger partial charge in [-0.15, -0.1) is 21.5 Å². The molecule has 10 heteroatoms. The summed E-state index contributed by atoms with van der Waals surface area (Å²) in [7, 11) is -2.67. The van der Waals surface area contributed by atoms with E-state index in [1.54, 1.807) is 23.5 Å². The van der Waals surface area contributed by atoms with Crippen molar-refractivity contribution < 1.29 is 8.42 Å². The minimum Gasteiger partial charge on any atom is -0.351 e. The highest BCUT2D eigenvalue weighted by molar-refractivity contribution is 7.73. The summed E-state index contributed by atoms with van der Waals surface area (Å²) in [5.41, 5.74) is 3.60. The lowest BCUT2D eigenvalue weighted by Gasteiger charge is -2.16. The maximum atomic E-state index is 10.8. The lowest BCUT2D eigenvalue weighted by atomic mass is 10.0. The van der Waals surface area contributed by atoms with Gasteiger partial charge >= 0.3 is 0 Å². The quantitative estimate of drug-likeness (QED) is 0.341.